The highest BCUT2D eigenvalue weighted by atomic mass is 16.5. The van der Waals surface area contributed by atoms with Crippen molar-refractivity contribution >= 4 is 5.95 Å². The van der Waals surface area contributed by atoms with Crippen molar-refractivity contribution in [2.24, 2.45) is 5.92 Å². The van der Waals surface area contributed by atoms with Gasteiger partial charge >= 0.3 is 0 Å². The summed E-state index contributed by atoms with van der Waals surface area (Å²) in [6, 6.07) is 8.78. The van der Waals surface area contributed by atoms with E-state index in [0.717, 1.165) is 51.6 Å². The van der Waals surface area contributed by atoms with Crippen molar-refractivity contribution in [3.63, 3.8) is 0 Å². The maximum Gasteiger partial charge on any atom is 0.227 e. The number of aromatic nitrogens is 3. The second-order valence-corrected chi connectivity index (χ2v) is 7.41. The largest absolute Gasteiger partial charge is 0.381 e. The first kappa shape index (κ1) is 14.5. The Bertz CT molecular complexity index is 731. The zero-order valence-corrected chi connectivity index (χ0v) is 14.0. The molecular weight excluding hydrogens is 300 g/mol. The molecule has 1 saturated carbocycles. The van der Waals surface area contributed by atoms with Gasteiger partial charge in [0, 0.05) is 38.1 Å². The minimum Gasteiger partial charge on any atom is -0.381 e. The van der Waals surface area contributed by atoms with Gasteiger partial charge in [0.2, 0.25) is 5.95 Å². The van der Waals surface area contributed by atoms with E-state index >= 15 is 0 Å². The van der Waals surface area contributed by atoms with Crippen molar-refractivity contribution in [2.45, 2.75) is 44.7 Å². The van der Waals surface area contributed by atoms with Crippen molar-refractivity contribution in [2.75, 3.05) is 24.7 Å². The molecule has 1 atom stereocenters. The molecule has 3 heterocycles. The summed E-state index contributed by atoms with van der Waals surface area (Å²) in [6.07, 6.45) is 4.78. The van der Waals surface area contributed by atoms with Crippen LogP contribution in [0.15, 0.2) is 24.3 Å². The Morgan fingerprint density at radius 3 is 2.75 bits per heavy atom. The van der Waals surface area contributed by atoms with E-state index in [-0.39, 0.29) is 0 Å². The van der Waals surface area contributed by atoms with Crippen LogP contribution in [0, 0.1) is 5.92 Å². The summed E-state index contributed by atoms with van der Waals surface area (Å²) < 4.78 is 7.99. The Morgan fingerprint density at radius 2 is 1.96 bits per heavy atom. The molecule has 24 heavy (non-hydrogen) atoms. The van der Waals surface area contributed by atoms with Gasteiger partial charge in [0.15, 0.2) is 0 Å². The lowest BCUT2D eigenvalue weighted by Gasteiger charge is -2.30. The molecule has 0 radical (unpaired) electrons. The monoisotopic (exact) mass is 324 g/mol. The van der Waals surface area contributed by atoms with Gasteiger partial charge in [-0.3, -0.25) is 4.57 Å². The van der Waals surface area contributed by atoms with Gasteiger partial charge in [-0.15, -0.1) is 10.2 Å². The van der Waals surface area contributed by atoms with E-state index in [1.54, 1.807) is 0 Å². The number of ether oxygens (including phenoxy) is 1. The quantitative estimate of drug-likeness (QED) is 0.867. The van der Waals surface area contributed by atoms with Gasteiger partial charge in [0.1, 0.15) is 5.82 Å². The standard InChI is InChI=1S/C19H24N4O/c1-2-4-17-12-22(9-7-15(17)3-1)19-21-20-18(16-5-6-16)23(19)11-14-8-10-24-13-14/h1-4,14,16H,5-13H2/t14-/m1/s1. The first-order valence-electron chi connectivity index (χ1n) is 9.21. The number of anilines is 1. The van der Waals surface area contributed by atoms with Crippen LogP contribution in [0.2, 0.25) is 0 Å². The topological polar surface area (TPSA) is 43.2 Å². The van der Waals surface area contributed by atoms with Crippen LogP contribution >= 0.6 is 0 Å². The molecule has 1 aromatic heterocycles. The van der Waals surface area contributed by atoms with Crippen LogP contribution in [-0.2, 0) is 24.2 Å². The number of rotatable bonds is 4. The van der Waals surface area contributed by atoms with E-state index in [2.05, 4.69) is 43.9 Å². The van der Waals surface area contributed by atoms with Crippen molar-refractivity contribution in [1.29, 1.82) is 0 Å². The minimum absolute atomic E-state index is 0.606. The van der Waals surface area contributed by atoms with Gasteiger partial charge in [-0.05, 0) is 36.8 Å². The van der Waals surface area contributed by atoms with Gasteiger partial charge in [-0.25, -0.2) is 0 Å². The molecule has 0 amide bonds. The molecule has 126 valence electrons. The van der Waals surface area contributed by atoms with Crippen molar-refractivity contribution in [3.8, 4) is 0 Å². The van der Waals surface area contributed by atoms with Crippen LogP contribution in [0.1, 0.15) is 42.1 Å². The normalized spacial score (nSPS) is 23.5. The molecule has 2 aliphatic heterocycles. The highest BCUT2D eigenvalue weighted by molar-refractivity contribution is 5.41. The highest BCUT2D eigenvalue weighted by Gasteiger charge is 2.33. The van der Waals surface area contributed by atoms with Crippen molar-refractivity contribution < 1.29 is 4.74 Å². The third kappa shape index (κ3) is 2.61. The van der Waals surface area contributed by atoms with Crippen LogP contribution in [0.25, 0.3) is 0 Å². The molecule has 1 saturated heterocycles. The van der Waals surface area contributed by atoms with Gasteiger partial charge in [0.25, 0.3) is 0 Å². The van der Waals surface area contributed by atoms with Crippen LogP contribution in [0.3, 0.4) is 0 Å². The minimum atomic E-state index is 0.606. The fourth-order valence-electron chi connectivity index (χ4n) is 4.01. The summed E-state index contributed by atoms with van der Waals surface area (Å²) in [6.45, 7) is 4.76. The zero-order chi connectivity index (χ0) is 15.9. The summed E-state index contributed by atoms with van der Waals surface area (Å²) in [5, 5.41) is 9.20. The van der Waals surface area contributed by atoms with Gasteiger partial charge in [-0.2, -0.15) is 0 Å². The highest BCUT2D eigenvalue weighted by Crippen LogP contribution is 2.41. The second-order valence-electron chi connectivity index (χ2n) is 7.41. The number of fused-ring (bicyclic) bond motifs is 1. The Kier molecular flexibility index (Phi) is 3.55. The molecule has 1 aliphatic carbocycles. The second kappa shape index (κ2) is 5.88. The summed E-state index contributed by atoms with van der Waals surface area (Å²) in [5.41, 5.74) is 2.90. The summed E-state index contributed by atoms with van der Waals surface area (Å²) >= 11 is 0. The molecule has 0 bridgehead atoms. The van der Waals surface area contributed by atoms with E-state index in [4.69, 9.17) is 4.74 Å². The summed E-state index contributed by atoms with van der Waals surface area (Å²) in [5.74, 6) is 3.51. The van der Waals surface area contributed by atoms with Crippen LogP contribution < -0.4 is 4.90 Å². The molecule has 0 unspecified atom stereocenters. The Hall–Kier alpha value is -1.88. The molecule has 5 rings (SSSR count). The molecule has 2 fully saturated rings. The molecule has 2 aromatic rings. The van der Waals surface area contributed by atoms with Crippen molar-refractivity contribution in [3.05, 3.63) is 41.2 Å². The predicted molar refractivity (Wildman–Crippen MR) is 92.1 cm³/mol. The number of hydrogen-bond donors (Lipinski definition) is 0. The van der Waals surface area contributed by atoms with E-state index in [9.17, 15) is 0 Å². The van der Waals surface area contributed by atoms with Crippen LogP contribution in [-0.4, -0.2) is 34.5 Å². The maximum atomic E-state index is 5.59. The lowest BCUT2D eigenvalue weighted by molar-refractivity contribution is 0.182. The molecule has 1 aromatic carbocycles. The Labute approximate surface area is 142 Å². The van der Waals surface area contributed by atoms with Crippen LogP contribution in [0.4, 0.5) is 5.95 Å². The van der Waals surface area contributed by atoms with E-state index in [1.807, 2.05) is 0 Å². The lowest BCUT2D eigenvalue weighted by Crippen LogP contribution is -2.33. The van der Waals surface area contributed by atoms with Crippen molar-refractivity contribution in [1.82, 2.24) is 14.8 Å². The third-order valence-electron chi connectivity index (χ3n) is 5.58. The lowest BCUT2D eigenvalue weighted by atomic mass is 10.0. The van der Waals surface area contributed by atoms with Gasteiger partial charge in [0.05, 0.1) is 6.61 Å². The smallest absolute Gasteiger partial charge is 0.227 e. The number of hydrogen-bond acceptors (Lipinski definition) is 4. The molecule has 0 N–H and O–H groups in total. The average molecular weight is 324 g/mol. The number of nitrogens with zero attached hydrogens (tertiary/aromatic N) is 4. The third-order valence-corrected chi connectivity index (χ3v) is 5.58. The van der Waals surface area contributed by atoms with E-state index in [1.165, 1.54) is 29.8 Å². The van der Waals surface area contributed by atoms with Gasteiger partial charge in [-0.1, -0.05) is 24.3 Å². The fourth-order valence-corrected chi connectivity index (χ4v) is 4.01. The first-order valence-corrected chi connectivity index (χ1v) is 9.21. The number of benzene rings is 1. The zero-order valence-electron chi connectivity index (χ0n) is 14.0. The Morgan fingerprint density at radius 1 is 1.08 bits per heavy atom. The van der Waals surface area contributed by atoms with E-state index < -0.39 is 0 Å². The average Bonchev–Trinajstić information content (AvgIpc) is 3.17. The summed E-state index contributed by atoms with van der Waals surface area (Å²) in [4.78, 5) is 2.41. The van der Waals surface area contributed by atoms with Gasteiger partial charge < -0.3 is 9.64 Å². The summed E-state index contributed by atoms with van der Waals surface area (Å²) in [7, 11) is 0. The fraction of sp³-hybridized carbons (Fsp3) is 0.579. The van der Waals surface area contributed by atoms with E-state index in [0.29, 0.717) is 11.8 Å². The first-order chi connectivity index (χ1) is 11.9. The molecule has 3 aliphatic rings. The molecule has 5 nitrogen and oxygen atoms in total. The SMILES string of the molecule is c1ccc2c(c1)CCN(c1nnc(C3CC3)n1C[C@H]1CCOC1)C2. The Balaban J connectivity index is 1.45. The maximum absolute atomic E-state index is 5.59. The molecule has 5 heteroatoms. The van der Waals surface area contributed by atoms with Crippen LogP contribution in [0.5, 0.6) is 0 Å². The predicted octanol–water partition coefficient (Wildman–Crippen LogP) is 2.75. The molecule has 0 spiro atoms. The molecular formula is C19H24N4O.